The van der Waals surface area contributed by atoms with E-state index in [4.69, 9.17) is 8.83 Å². The van der Waals surface area contributed by atoms with Gasteiger partial charge < -0.3 is 13.7 Å². The highest BCUT2D eigenvalue weighted by Gasteiger charge is 2.36. The molecule has 11 rings (SSSR count). The molecule has 1 aliphatic rings. The van der Waals surface area contributed by atoms with Crippen molar-refractivity contribution in [1.82, 2.24) is 0 Å². The Kier molecular flexibility index (Phi) is 6.01. The first-order valence-corrected chi connectivity index (χ1v) is 17.9. The summed E-state index contributed by atoms with van der Waals surface area (Å²) in [5, 5.41) is 6.73. The van der Waals surface area contributed by atoms with E-state index in [-0.39, 0.29) is 5.41 Å². The summed E-state index contributed by atoms with van der Waals surface area (Å²) < 4.78 is 13.4. The summed E-state index contributed by atoms with van der Waals surface area (Å²) >= 11 is 0. The van der Waals surface area contributed by atoms with Crippen LogP contribution in [0.1, 0.15) is 25.0 Å². The lowest BCUT2D eigenvalue weighted by Gasteiger charge is -2.28. The molecule has 246 valence electrons. The number of hydrogen-bond donors (Lipinski definition) is 0. The predicted octanol–water partition coefficient (Wildman–Crippen LogP) is 14.1. The van der Waals surface area contributed by atoms with Crippen molar-refractivity contribution in [3.63, 3.8) is 0 Å². The third kappa shape index (κ3) is 4.14. The van der Waals surface area contributed by atoms with Crippen LogP contribution in [0, 0.1) is 0 Å². The van der Waals surface area contributed by atoms with Crippen LogP contribution < -0.4 is 4.90 Å². The number of hydrogen-bond acceptors (Lipinski definition) is 3. The Balaban J connectivity index is 1.24. The Morgan fingerprint density at radius 2 is 1.15 bits per heavy atom. The van der Waals surface area contributed by atoms with Gasteiger partial charge in [-0.3, -0.25) is 0 Å². The Hall–Kier alpha value is -6.58. The lowest BCUT2D eigenvalue weighted by Crippen LogP contribution is -2.16. The molecular weight excluding hydrogens is 635 g/mol. The summed E-state index contributed by atoms with van der Waals surface area (Å²) in [6.45, 7) is 4.68. The molecule has 0 radical (unpaired) electrons. The van der Waals surface area contributed by atoms with Gasteiger partial charge in [0.25, 0.3) is 0 Å². The first-order valence-electron chi connectivity index (χ1n) is 17.9. The molecule has 0 amide bonds. The molecule has 0 saturated heterocycles. The number of benzene rings is 8. The fourth-order valence-electron chi connectivity index (χ4n) is 8.70. The number of rotatable bonds is 4. The van der Waals surface area contributed by atoms with Crippen LogP contribution in [0.3, 0.4) is 0 Å². The average Bonchev–Trinajstić information content (AvgIpc) is 3.83. The molecule has 0 saturated carbocycles. The van der Waals surface area contributed by atoms with Crippen LogP contribution in [-0.2, 0) is 5.41 Å². The topological polar surface area (TPSA) is 29.5 Å². The van der Waals surface area contributed by atoms with Gasteiger partial charge in [0, 0.05) is 38.3 Å². The maximum atomic E-state index is 7.00. The zero-order chi connectivity index (χ0) is 34.6. The highest BCUT2D eigenvalue weighted by molar-refractivity contribution is 6.27. The second-order valence-corrected chi connectivity index (χ2v) is 14.5. The standard InChI is InChI=1S/C49H33NO2/c1-49(2)40-18-10-8-16-36(40)37-23-22-35(29-41(37)49)50(34-14-4-3-5-15-34)42-28-33(32-21-20-30-12-6-7-13-31(30)26-32)27-39-47-45(52-48(39)42)25-24-44-46(47)38-17-9-11-19-43(38)51-44/h3-29H,1-2H3. The number of nitrogens with zero attached hydrogens (tertiary/aromatic N) is 1. The smallest absolute Gasteiger partial charge is 0.159 e. The maximum Gasteiger partial charge on any atom is 0.159 e. The molecule has 0 unspecified atom stereocenters. The largest absolute Gasteiger partial charge is 0.456 e. The monoisotopic (exact) mass is 667 g/mol. The third-order valence-corrected chi connectivity index (χ3v) is 11.2. The molecule has 0 spiro atoms. The zero-order valence-electron chi connectivity index (χ0n) is 28.9. The summed E-state index contributed by atoms with van der Waals surface area (Å²) in [5.41, 5.74) is 14.0. The van der Waals surface area contributed by atoms with Gasteiger partial charge in [0.05, 0.1) is 5.69 Å². The summed E-state index contributed by atoms with van der Waals surface area (Å²) in [7, 11) is 0. The molecule has 1 aliphatic carbocycles. The van der Waals surface area contributed by atoms with Crippen LogP contribution in [0.5, 0.6) is 0 Å². The summed E-state index contributed by atoms with van der Waals surface area (Å²) in [4.78, 5) is 2.37. The molecular formula is C49H33NO2. The van der Waals surface area contributed by atoms with Gasteiger partial charge >= 0.3 is 0 Å². The second-order valence-electron chi connectivity index (χ2n) is 14.5. The first kappa shape index (κ1) is 29.2. The van der Waals surface area contributed by atoms with Gasteiger partial charge in [-0.05, 0) is 105 Å². The van der Waals surface area contributed by atoms with E-state index in [1.54, 1.807) is 0 Å². The molecule has 0 N–H and O–H groups in total. The van der Waals surface area contributed by atoms with Crippen LogP contribution in [0.2, 0.25) is 0 Å². The molecule has 0 bridgehead atoms. The lowest BCUT2D eigenvalue weighted by molar-refractivity contribution is 0.660. The molecule has 2 heterocycles. The van der Waals surface area contributed by atoms with Crippen LogP contribution in [-0.4, -0.2) is 0 Å². The van der Waals surface area contributed by atoms with Crippen molar-refractivity contribution in [3.8, 4) is 22.3 Å². The molecule has 2 aromatic heterocycles. The molecule has 0 aliphatic heterocycles. The fourth-order valence-corrected chi connectivity index (χ4v) is 8.70. The minimum atomic E-state index is -0.139. The number of furan rings is 2. The number of anilines is 3. The van der Waals surface area contributed by atoms with Crippen molar-refractivity contribution in [3.05, 3.63) is 175 Å². The lowest BCUT2D eigenvalue weighted by atomic mass is 9.82. The molecule has 10 aromatic rings. The summed E-state index contributed by atoms with van der Waals surface area (Å²) in [6, 6.07) is 58.8. The first-order chi connectivity index (χ1) is 25.5. The molecule has 0 atom stereocenters. The molecule has 8 aromatic carbocycles. The van der Waals surface area contributed by atoms with Crippen molar-refractivity contribution in [2.24, 2.45) is 0 Å². The zero-order valence-corrected chi connectivity index (χ0v) is 28.9. The van der Waals surface area contributed by atoms with E-state index in [9.17, 15) is 0 Å². The van der Waals surface area contributed by atoms with Gasteiger partial charge in [-0.2, -0.15) is 0 Å². The van der Waals surface area contributed by atoms with E-state index in [2.05, 4.69) is 164 Å². The summed E-state index contributed by atoms with van der Waals surface area (Å²) in [5.74, 6) is 0. The van der Waals surface area contributed by atoms with Gasteiger partial charge in [0.15, 0.2) is 5.58 Å². The number of fused-ring (bicyclic) bond motifs is 11. The van der Waals surface area contributed by atoms with E-state index in [1.807, 2.05) is 18.2 Å². The van der Waals surface area contributed by atoms with Crippen molar-refractivity contribution in [1.29, 1.82) is 0 Å². The van der Waals surface area contributed by atoms with Crippen molar-refractivity contribution >= 4 is 71.7 Å². The SMILES string of the molecule is CC1(C)c2ccccc2-c2ccc(N(c3ccccc3)c3cc(-c4ccc5ccccc5c4)cc4c3oc3ccc5oc6ccccc6c5c34)cc21. The Labute approximate surface area is 301 Å². The highest BCUT2D eigenvalue weighted by atomic mass is 16.3. The molecule has 52 heavy (non-hydrogen) atoms. The van der Waals surface area contributed by atoms with Gasteiger partial charge in [-0.25, -0.2) is 0 Å². The van der Waals surface area contributed by atoms with Crippen molar-refractivity contribution in [2.75, 3.05) is 4.90 Å². The molecule has 3 nitrogen and oxygen atoms in total. The average molecular weight is 668 g/mol. The van der Waals surface area contributed by atoms with Crippen LogP contribution >= 0.6 is 0 Å². The van der Waals surface area contributed by atoms with Gasteiger partial charge in [-0.1, -0.05) is 117 Å². The fraction of sp³-hybridized carbons (Fsp3) is 0.0612. The van der Waals surface area contributed by atoms with E-state index < -0.39 is 0 Å². The quantitative estimate of drug-likeness (QED) is 0.187. The van der Waals surface area contributed by atoms with Gasteiger partial charge in [0.1, 0.15) is 16.7 Å². The maximum absolute atomic E-state index is 7.00. The number of para-hydroxylation sites is 2. The minimum absolute atomic E-state index is 0.139. The normalized spacial score (nSPS) is 13.3. The van der Waals surface area contributed by atoms with Crippen LogP contribution in [0.4, 0.5) is 17.1 Å². The Morgan fingerprint density at radius 1 is 0.442 bits per heavy atom. The van der Waals surface area contributed by atoms with E-state index in [0.717, 1.165) is 72.1 Å². The highest BCUT2D eigenvalue weighted by Crippen LogP contribution is 2.52. The molecule has 3 heteroatoms. The van der Waals surface area contributed by atoms with Gasteiger partial charge in [-0.15, -0.1) is 0 Å². The minimum Gasteiger partial charge on any atom is -0.456 e. The van der Waals surface area contributed by atoms with Crippen molar-refractivity contribution in [2.45, 2.75) is 19.3 Å². The van der Waals surface area contributed by atoms with Gasteiger partial charge in [0.2, 0.25) is 0 Å². The van der Waals surface area contributed by atoms with E-state index in [0.29, 0.717) is 0 Å². The second kappa shape index (κ2) is 10.7. The van der Waals surface area contributed by atoms with Crippen molar-refractivity contribution < 1.29 is 8.83 Å². The van der Waals surface area contributed by atoms with E-state index in [1.165, 1.54) is 33.0 Å². The predicted molar refractivity (Wildman–Crippen MR) is 216 cm³/mol. The van der Waals surface area contributed by atoms with Crippen LogP contribution in [0.15, 0.2) is 173 Å². The Morgan fingerprint density at radius 3 is 2.04 bits per heavy atom. The van der Waals surface area contributed by atoms with E-state index >= 15 is 0 Å². The third-order valence-electron chi connectivity index (χ3n) is 11.2. The Bertz CT molecular complexity index is 3050. The van der Waals surface area contributed by atoms with Crippen LogP contribution in [0.25, 0.3) is 76.9 Å². The molecule has 0 fully saturated rings. The summed E-state index contributed by atoms with van der Waals surface area (Å²) in [6.07, 6.45) is 0.